The number of thioether (sulfide) groups is 1. The van der Waals surface area contributed by atoms with Crippen molar-refractivity contribution in [3.8, 4) is 0 Å². The molecule has 28 heavy (non-hydrogen) atoms. The molecule has 1 aromatic rings. The summed E-state index contributed by atoms with van der Waals surface area (Å²) in [5.41, 5.74) is 8.97. The van der Waals surface area contributed by atoms with Gasteiger partial charge in [0.15, 0.2) is 0 Å². The van der Waals surface area contributed by atoms with E-state index >= 15 is 0 Å². The first kappa shape index (κ1) is 23.8. The van der Waals surface area contributed by atoms with Crippen LogP contribution in [0.2, 0.25) is 0 Å². The van der Waals surface area contributed by atoms with Gasteiger partial charge in [0.2, 0.25) is 0 Å². The van der Waals surface area contributed by atoms with Gasteiger partial charge in [0.25, 0.3) is 0 Å². The van der Waals surface area contributed by atoms with E-state index in [2.05, 4.69) is 24.4 Å². The predicted molar refractivity (Wildman–Crippen MR) is 116 cm³/mol. The number of aliphatic carboxylic acids is 1. The van der Waals surface area contributed by atoms with Crippen LogP contribution in [0.25, 0.3) is 0 Å². The lowest BCUT2D eigenvalue weighted by Crippen LogP contribution is -2.32. The summed E-state index contributed by atoms with van der Waals surface area (Å²) in [6.45, 7) is 4.26. The molecular formula is C21H30N2O4S. The van der Waals surface area contributed by atoms with Crippen LogP contribution in [0, 0.1) is 0 Å². The Morgan fingerprint density at radius 1 is 1.25 bits per heavy atom. The summed E-state index contributed by atoms with van der Waals surface area (Å²) in [5.74, 6) is -0.160. The van der Waals surface area contributed by atoms with Gasteiger partial charge in [-0.2, -0.15) is 11.8 Å². The summed E-state index contributed by atoms with van der Waals surface area (Å²) in [6, 6.07) is 6.43. The molecule has 0 bridgehead atoms. The van der Waals surface area contributed by atoms with E-state index in [1.807, 2.05) is 25.1 Å². The number of carbonyl (C=O) groups is 2. The van der Waals surface area contributed by atoms with Crippen LogP contribution in [0.3, 0.4) is 0 Å². The average Bonchev–Trinajstić information content (AvgIpc) is 2.69. The van der Waals surface area contributed by atoms with E-state index < -0.39 is 12.0 Å². The topological polar surface area (TPSA) is 102 Å². The Morgan fingerprint density at radius 2 is 1.96 bits per heavy atom. The molecule has 0 aliphatic carbocycles. The highest BCUT2D eigenvalue weighted by Crippen LogP contribution is 2.16. The van der Waals surface area contributed by atoms with E-state index in [1.165, 1.54) is 17.3 Å². The molecule has 0 amide bonds. The lowest BCUT2D eigenvalue weighted by atomic mass is 10.1. The highest BCUT2D eigenvalue weighted by atomic mass is 32.2. The van der Waals surface area contributed by atoms with Crippen LogP contribution >= 0.6 is 11.8 Å². The van der Waals surface area contributed by atoms with Crippen molar-refractivity contribution in [1.29, 1.82) is 0 Å². The van der Waals surface area contributed by atoms with Gasteiger partial charge >= 0.3 is 11.9 Å². The third kappa shape index (κ3) is 9.10. The van der Waals surface area contributed by atoms with Gasteiger partial charge in [-0.1, -0.05) is 29.9 Å². The van der Waals surface area contributed by atoms with Gasteiger partial charge in [0.1, 0.15) is 12.6 Å². The molecule has 0 saturated heterocycles. The molecule has 1 atom stereocenters. The van der Waals surface area contributed by atoms with E-state index in [1.54, 1.807) is 13.1 Å². The largest absolute Gasteiger partial charge is 0.480 e. The quantitative estimate of drug-likeness (QED) is 0.276. The Hall–Kier alpha value is -2.25. The summed E-state index contributed by atoms with van der Waals surface area (Å²) in [5, 5.41) is 11.7. The number of benzene rings is 1. The maximum Gasteiger partial charge on any atom is 0.340 e. The summed E-state index contributed by atoms with van der Waals surface area (Å²) in [7, 11) is 1.77. The molecule has 0 fully saturated rings. The van der Waals surface area contributed by atoms with Gasteiger partial charge in [0.05, 0.1) is 5.56 Å². The number of allylic oxidation sites excluding steroid dienone is 2. The molecule has 0 saturated carbocycles. The van der Waals surface area contributed by atoms with Crippen LogP contribution in [0.15, 0.2) is 47.6 Å². The number of hydrogen-bond acceptors (Lipinski definition) is 6. The molecule has 6 nitrogen and oxygen atoms in total. The minimum atomic E-state index is -0.969. The van der Waals surface area contributed by atoms with E-state index in [4.69, 9.17) is 15.6 Å². The van der Waals surface area contributed by atoms with Crippen LogP contribution < -0.4 is 11.1 Å². The van der Waals surface area contributed by atoms with E-state index in [0.717, 1.165) is 29.9 Å². The zero-order valence-electron chi connectivity index (χ0n) is 16.7. The molecular weight excluding hydrogens is 376 g/mol. The van der Waals surface area contributed by atoms with Crippen molar-refractivity contribution in [3.05, 3.63) is 53.1 Å². The molecule has 0 aliphatic heterocycles. The maximum absolute atomic E-state index is 12.2. The average molecular weight is 407 g/mol. The van der Waals surface area contributed by atoms with E-state index in [9.17, 15) is 9.59 Å². The monoisotopic (exact) mass is 406 g/mol. The lowest BCUT2D eigenvalue weighted by Gasteiger charge is -2.09. The van der Waals surface area contributed by atoms with Crippen molar-refractivity contribution < 1.29 is 19.4 Å². The summed E-state index contributed by atoms with van der Waals surface area (Å²) in [6.07, 6.45) is 5.93. The number of nitrogens with one attached hydrogen (secondary N) is 1. The van der Waals surface area contributed by atoms with Crippen LogP contribution in [-0.2, 0) is 9.53 Å². The first-order valence-corrected chi connectivity index (χ1v) is 10.3. The van der Waals surface area contributed by atoms with Gasteiger partial charge in [-0.25, -0.2) is 4.79 Å². The fourth-order valence-electron chi connectivity index (χ4n) is 2.31. The highest BCUT2D eigenvalue weighted by molar-refractivity contribution is 7.99. The summed E-state index contributed by atoms with van der Waals surface area (Å²) < 4.78 is 5.39. The zero-order valence-corrected chi connectivity index (χ0v) is 17.6. The van der Waals surface area contributed by atoms with Crippen LogP contribution in [0.1, 0.15) is 37.0 Å². The van der Waals surface area contributed by atoms with Gasteiger partial charge in [-0.3, -0.25) is 4.79 Å². The molecule has 0 heterocycles. The van der Waals surface area contributed by atoms with Crippen LogP contribution in [0.5, 0.6) is 0 Å². The van der Waals surface area contributed by atoms with E-state index in [-0.39, 0.29) is 12.6 Å². The minimum Gasteiger partial charge on any atom is -0.480 e. The molecule has 1 rings (SSSR count). The van der Waals surface area contributed by atoms with Crippen molar-refractivity contribution in [3.63, 3.8) is 0 Å². The second kappa shape index (κ2) is 13.0. The smallest absolute Gasteiger partial charge is 0.340 e. The second-order valence-electron chi connectivity index (χ2n) is 6.49. The standard InChI is InChI=1S/C21H30N2O4S/c1-15(11-12-28-14-18(22)20(24)25)7-6-8-16(2)13-27-21(26)17-9-4-5-10-19(17)23-3/h4-5,8-11,18,23H,6-7,12-14,22H2,1-3H3,(H,24,25)/b15-11+,16-8+/t18-/m0/s1. The van der Waals surface area contributed by atoms with Crippen molar-refractivity contribution in [2.75, 3.05) is 30.5 Å². The molecule has 0 radical (unpaired) electrons. The molecule has 0 aromatic heterocycles. The summed E-state index contributed by atoms with van der Waals surface area (Å²) >= 11 is 1.51. The number of carbonyl (C=O) groups excluding carboxylic acids is 1. The van der Waals surface area contributed by atoms with Gasteiger partial charge in [-0.15, -0.1) is 0 Å². The first-order chi connectivity index (χ1) is 13.3. The van der Waals surface area contributed by atoms with Gasteiger partial charge < -0.3 is 20.9 Å². The number of nitrogens with two attached hydrogens (primary N) is 1. The number of carboxylic acids is 1. The fourth-order valence-corrected chi connectivity index (χ4v) is 3.25. The molecule has 0 spiro atoms. The van der Waals surface area contributed by atoms with Crippen molar-refractivity contribution >= 4 is 29.4 Å². The number of anilines is 1. The number of carboxylic acid groups (broad SMARTS) is 1. The number of hydrogen-bond donors (Lipinski definition) is 3. The zero-order chi connectivity index (χ0) is 20.9. The normalized spacial score (nSPS) is 13.1. The van der Waals surface area contributed by atoms with Crippen molar-refractivity contribution in [2.45, 2.75) is 32.7 Å². The SMILES string of the molecule is CNc1ccccc1C(=O)OC/C(C)=C/CC/C(C)=C/CSC[C@H](N)C(=O)O. The third-order valence-corrected chi connectivity index (χ3v) is 5.04. The molecule has 0 aliphatic rings. The molecule has 4 N–H and O–H groups in total. The highest BCUT2D eigenvalue weighted by Gasteiger charge is 2.11. The van der Waals surface area contributed by atoms with Crippen molar-refractivity contribution in [2.24, 2.45) is 5.73 Å². The number of esters is 1. The molecule has 154 valence electrons. The Balaban J connectivity index is 2.33. The van der Waals surface area contributed by atoms with Gasteiger partial charge in [0, 0.05) is 24.2 Å². The Kier molecular flexibility index (Phi) is 11.1. The number of rotatable bonds is 12. The maximum atomic E-state index is 12.2. The Morgan fingerprint density at radius 3 is 2.64 bits per heavy atom. The molecule has 0 unspecified atom stereocenters. The summed E-state index contributed by atoms with van der Waals surface area (Å²) in [4.78, 5) is 22.8. The minimum absolute atomic E-state index is 0.266. The molecule has 7 heteroatoms. The fraction of sp³-hybridized carbons (Fsp3) is 0.429. The first-order valence-electron chi connectivity index (χ1n) is 9.16. The Bertz CT molecular complexity index is 716. The van der Waals surface area contributed by atoms with Gasteiger partial charge in [-0.05, 0) is 44.4 Å². The molecule has 1 aromatic carbocycles. The van der Waals surface area contributed by atoms with Crippen LogP contribution in [0.4, 0.5) is 5.69 Å². The van der Waals surface area contributed by atoms with Crippen molar-refractivity contribution in [1.82, 2.24) is 0 Å². The lowest BCUT2D eigenvalue weighted by molar-refractivity contribution is -0.137. The number of para-hydroxylation sites is 1. The second-order valence-corrected chi connectivity index (χ2v) is 7.57. The Labute approximate surface area is 171 Å². The van der Waals surface area contributed by atoms with E-state index in [0.29, 0.717) is 11.3 Å². The predicted octanol–water partition coefficient (Wildman–Crippen LogP) is 3.70. The third-order valence-electron chi connectivity index (χ3n) is 4.04. The van der Waals surface area contributed by atoms with Crippen LogP contribution in [-0.4, -0.2) is 48.2 Å². The number of ether oxygens (including phenoxy) is 1.